The van der Waals surface area contributed by atoms with Crippen LogP contribution in [0, 0.1) is 0 Å². The summed E-state index contributed by atoms with van der Waals surface area (Å²) in [6.07, 6.45) is -2.29. The normalized spacial score (nSPS) is 9.40. The van der Waals surface area contributed by atoms with Gasteiger partial charge in [-0.2, -0.15) is 9.90 Å². The molecular weight excluding hydrogens is 280 g/mol. The minimum atomic E-state index is -2.74. The zero-order valence-electron chi connectivity index (χ0n) is 7.84. The monoisotopic (exact) mass is 290 g/mol. The Kier molecular flexibility index (Phi) is 10.2. The van der Waals surface area contributed by atoms with Crippen molar-refractivity contribution >= 4 is 27.8 Å². The second kappa shape index (κ2) is 7.68. The van der Waals surface area contributed by atoms with E-state index in [-0.39, 0.29) is 29.4 Å². The van der Waals surface area contributed by atoms with E-state index in [0.717, 1.165) is 0 Å². The maximum atomic E-state index is 10.3. The third-order valence-corrected chi connectivity index (χ3v) is 1.29. The minimum absolute atomic E-state index is 0. The van der Waals surface area contributed by atoms with Gasteiger partial charge in [0.1, 0.15) is 0 Å². The SMILES string of the molecule is O=C(O)CC(O)(CC(=O)O)C(=O)O.P.[Zn]. The molecule has 7 nitrogen and oxygen atoms in total. The zero-order valence-corrected chi connectivity index (χ0v) is 12.2. The predicted molar refractivity (Wildman–Crippen MR) is 48.2 cm³/mol. The molecule has 0 saturated carbocycles. The van der Waals surface area contributed by atoms with Gasteiger partial charge in [0.05, 0.1) is 12.8 Å². The van der Waals surface area contributed by atoms with Crippen LogP contribution in [0.1, 0.15) is 12.8 Å². The molecule has 1 atom stereocenters. The summed E-state index contributed by atoms with van der Waals surface area (Å²) in [7, 11) is 0. The van der Waals surface area contributed by atoms with Crippen molar-refractivity contribution in [2.24, 2.45) is 0 Å². The molecule has 0 aromatic heterocycles. The van der Waals surface area contributed by atoms with Gasteiger partial charge < -0.3 is 20.4 Å². The first kappa shape index (κ1) is 19.9. The van der Waals surface area contributed by atoms with Crippen molar-refractivity contribution in [1.29, 1.82) is 0 Å². The topological polar surface area (TPSA) is 132 Å². The second-order valence-electron chi connectivity index (χ2n) is 2.48. The Morgan fingerprint density at radius 1 is 0.933 bits per heavy atom. The van der Waals surface area contributed by atoms with E-state index in [4.69, 9.17) is 20.4 Å². The van der Waals surface area contributed by atoms with E-state index in [1.807, 2.05) is 0 Å². The third-order valence-electron chi connectivity index (χ3n) is 1.29. The molecule has 4 N–H and O–H groups in total. The molecule has 84 valence electrons. The Hall–Kier alpha value is -0.577. The Morgan fingerprint density at radius 2 is 1.20 bits per heavy atom. The molecular formula is C6H11O7PZn. The smallest absolute Gasteiger partial charge is 0.336 e. The van der Waals surface area contributed by atoms with Gasteiger partial charge in [0.2, 0.25) is 0 Å². The van der Waals surface area contributed by atoms with Crippen LogP contribution in [0.15, 0.2) is 0 Å². The fourth-order valence-electron chi connectivity index (χ4n) is 0.714. The van der Waals surface area contributed by atoms with E-state index < -0.39 is 36.4 Å². The van der Waals surface area contributed by atoms with Crippen molar-refractivity contribution in [2.45, 2.75) is 18.4 Å². The molecule has 0 aromatic carbocycles. The van der Waals surface area contributed by atoms with Gasteiger partial charge in [-0.15, -0.1) is 0 Å². The van der Waals surface area contributed by atoms with Crippen LogP contribution in [-0.4, -0.2) is 43.9 Å². The molecule has 0 fully saturated rings. The Morgan fingerprint density at radius 3 is 1.33 bits per heavy atom. The standard InChI is InChI=1S/C6H8O7.H3P.Zn/c7-3(8)1-6(13,5(11)12)2-4(9)10;;/h13H,1-2H2,(H,7,8)(H,9,10)(H,11,12);1H3;. The van der Waals surface area contributed by atoms with Crippen molar-refractivity contribution in [1.82, 2.24) is 0 Å². The number of hydrogen-bond donors (Lipinski definition) is 4. The molecule has 1 unspecified atom stereocenters. The quantitative estimate of drug-likeness (QED) is 0.370. The number of carboxylic acid groups (broad SMARTS) is 3. The van der Waals surface area contributed by atoms with Crippen molar-refractivity contribution in [3.05, 3.63) is 0 Å². The van der Waals surface area contributed by atoms with Gasteiger partial charge in [-0.1, -0.05) is 0 Å². The molecule has 0 aliphatic heterocycles. The minimum Gasteiger partial charge on any atom is -0.481 e. The molecule has 15 heavy (non-hydrogen) atoms. The van der Waals surface area contributed by atoms with Crippen LogP contribution in [0.25, 0.3) is 0 Å². The fraction of sp³-hybridized carbons (Fsp3) is 0.500. The first-order chi connectivity index (χ1) is 5.78. The van der Waals surface area contributed by atoms with E-state index in [0.29, 0.717) is 0 Å². The molecule has 9 heteroatoms. The number of carboxylic acids is 3. The summed E-state index contributed by atoms with van der Waals surface area (Å²) in [5.41, 5.74) is -2.74. The van der Waals surface area contributed by atoms with Gasteiger partial charge in [0.25, 0.3) is 0 Å². The molecule has 0 heterocycles. The molecule has 0 rings (SSSR count). The summed E-state index contributed by atoms with van der Waals surface area (Å²) in [6.45, 7) is 0. The maximum Gasteiger partial charge on any atom is 0.336 e. The summed E-state index contributed by atoms with van der Waals surface area (Å²) in [5, 5.41) is 33.8. The van der Waals surface area contributed by atoms with Crippen LogP contribution >= 0.6 is 9.90 Å². The summed E-state index contributed by atoms with van der Waals surface area (Å²) in [6, 6.07) is 0. The van der Waals surface area contributed by atoms with Crippen molar-refractivity contribution in [2.75, 3.05) is 0 Å². The van der Waals surface area contributed by atoms with E-state index in [2.05, 4.69) is 0 Å². The first-order valence-corrected chi connectivity index (χ1v) is 3.17. The van der Waals surface area contributed by atoms with Gasteiger partial charge in [-0.25, -0.2) is 4.79 Å². The zero-order chi connectivity index (χ0) is 10.6. The van der Waals surface area contributed by atoms with Gasteiger partial charge in [-0.3, -0.25) is 9.59 Å². The average Bonchev–Trinajstić information content (AvgIpc) is 1.82. The van der Waals surface area contributed by atoms with E-state index in [9.17, 15) is 14.4 Å². The predicted octanol–water partition coefficient (Wildman–Crippen LogP) is -1.19. The van der Waals surface area contributed by atoms with Gasteiger partial charge in [0, 0.05) is 19.5 Å². The number of rotatable bonds is 5. The van der Waals surface area contributed by atoms with E-state index >= 15 is 0 Å². The molecule has 0 aliphatic rings. The molecule has 0 amide bonds. The van der Waals surface area contributed by atoms with E-state index in [1.54, 1.807) is 0 Å². The van der Waals surface area contributed by atoms with Crippen LogP contribution < -0.4 is 0 Å². The first-order valence-electron chi connectivity index (χ1n) is 3.17. The van der Waals surface area contributed by atoms with Crippen LogP contribution in [0.3, 0.4) is 0 Å². The van der Waals surface area contributed by atoms with Crippen LogP contribution in [0.4, 0.5) is 0 Å². The number of carbonyl (C=O) groups is 3. The summed E-state index contributed by atoms with van der Waals surface area (Å²) in [4.78, 5) is 30.5. The number of aliphatic carboxylic acids is 3. The second-order valence-corrected chi connectivity index (χ2v) is 2.48. The van der Waals surface area contributed by atoms with Gasteiger partial charge >= 0.3 is 17.9 Å². The summed E-state index contributed by atoms with van der Waals surface area (Å²) < 4.78 is 0. The average molecular weight is 292 g/mol. The molecule has 0 aromatic rings. The summed E-state index contributed by atoms with van der Waals surface area (Å²) in [5.74, 6) is -5.02. The largest absolute Gasteiger partial charge is 0.481 e. The number of hydrogen-bond acceptors (Lipinski definition) is 4. The van der Waals surface area contributed by atoms with Crippen LogP contribution in [-0.2, 0) is 33.9 Å². The number of aliphatic hydroxyl groups is 1. The Labute approximate surface area is 101 Å². The summed E-state index contributed by atoms with van der Waals surface area (Å²) >= 11 is 0. The van der Waals surface area contributed by atoms with Crippen LogP contribution in [0.2, 0.25) is 0 Å². The van der Waals surface area contributed by atoms with Gasteiger partial charge in [-0.05, 0) is 0 Å². The molecule has 0 radical (unpaired) electrons. The van der Waals surface area contributed by atoms with Crippen molar-refractivity contribution in [3.63, 3.8) is 0 Å². The molecule has 0 bridgehead atoms. The Balaban J connectivity index is -0.000000720. The Bertz CT molecular complexity index is 238. The van der Waals surface area contributed by atoms with Crippen molar-refractivity contribution in [3.8, 4) is 0 Å². The van der Waals surface area contributed by atoms with Crippen LogP contribution in [0.5, 0.6) is 0 Å². The van der Waals surface area contributed by atoms with Gasteiger partial charge in [0.15, 0.2) is 5.60 Å². The third kappa shape index (κ3) is 7.36. The van der Waals surface area contributed by atoms with Crippen molar-refractivity contribution < 1.29 is 54.3 Å². The fourth-order valence-corrected chi connectivity index (χ4v) is 0.714. The maximum absolute atomic E-state index is 10.3. The molecule has 0 saturated heterocycles. The molecule has 0 spiro atoms. The van der Waals surface area contributed by atoms with E-state index in [1.165, 1.54) is 0 Å². The molecule has 0 aliphatic carbocycles.